The van der Waals surface area contributed by atoms with E-state index in [4.69, 9.17) is 4.98 Å². The van der Waals surface area contributed by atoms with Crippen molar-refractivity contribution in [1.29, 1.82) is 10.5 Å². The Morgan fingerprint density at radius 2 is 1.45 bits per heavy atom. The van der Waals surface area contributed by atoms with Crippen molar-refractivity contribution in [3.05, 3.63) is 166 Å². The molecule has 47 heavy (non-hydrogen) atoms. The molecule has 0 fully saturated rings. The molecule has 9 rings (SSSR count). The van der Waals surface area contributed by atoms with Crippen molar-refractivity contribution in [2.75, 3.05) is 6.66 Å². The second-order valence-corrected chi connectivity index (χ2v) is 17.1. The summed E-state index contributed by atoms with van der Waals surface area (Å²) in [5.74, 6) is -1.15. The first-order valence-electron chi connectivity index (χ1n) is 15.6. The van der Waals surface area contributed by atoms with Crippen LogP contribution in [-0.2, 0) is 17.1 Å². The third-order valence-corrected chi connectivity index (χ3v) is 15.2. The van der Waals surface area contributed by atoms with Gasteiger partial charge in [-0.3, -0.25) is 0 Å². The molecule has 226 valence electrons. The van der Waals surface area contributed by atoms with Crippen molar-refractivity contribution < 1.29 is 8.78 Å². The Labute approximate surface area is 272 Å². The Hall–Kier alpha value is -5.42. The van der Waals surface area contributed by atoms with Crippen molar-refractivity contribution in [3.8, 4) is 34.5 Å². The number of fused-ring (bicyclic) bond motifs is 14. The molecule has 4 heterocycles. The van der Waals surface area contributed by atoms with Crippen LogP contribution < -0.4 is 5.30 Å². The Kier molecular flexibility index (Phi) is 5.52. The number of hydrogen-bond donors (Lipinski definition) is 0. The number of aromatic nitrogens is 1. The number of allylic oxidation sites excluding steroid dienone is 3. The number of hydrogen-bond acceptors (Lipinski definition) is 4. The molecule has 1 unspecified atom stereocenters. The SMILES string of the molecule is CC12C=CC=C3N1[PH](C)(Cc1cc(F)c(C#N)cc1-c1cccc(n1)C31c3ccccc3-c3ccccc31)c1cc(F)c(C#N)cc12. The third-order valence-electron chi connectivity index (χ3n) is 10.8. The second-order valence-electron chi connectivity index (χ2n) is 13.2. The van der Waals surface area contributed by atoms with E-state index in [9.17, 15) is 10.5 Å². The number of nitrogens with zero attached hydrogens (tertiary/aromatic N) is 4. The number of halogens is 2. The average Bonchev–Trinajstić information content (AvgIpc) is 3.48. The van der Waals surface area contributed by atoms with E-state index >= 15 is 8.78 Å². The van der Waals surface area contributed by atoms with Crippen molar-refractivity contribution in [2.45, 2.75) is 24.0 Å². The Bertz CT molecular complexity index is 2350. The molecule has 7 heteroatoms. The fourth-order valence-corrected chi connectivity index (χ4v) is 14.0. The van der Waals surface area contributed by atoms with Gasteiger partial charge in [0.15, 0.2) is 0 Å². The third kappa shape index (κ3) is 3.33. The van der Waals surface area contributed by atoms with Gasteiger partial charge >= 0.3 is 273 Å². The molecular weight excluding hydrogens is 605 g/mol. The molecule has 0 radical (unpaired) electrons. The van der Waals surface area contributed by atoms with E-state index in [1.54, 1.807) is 18.2 Å². The summed E-state index contributed by atoms with van der Waals surface area (Å²) in [6.45, 7) is 4.36. The van der Waals surface area contributed by atoms with Crippen molar-refractivity contribution >= 4 is 12.7 Å². The van der Waals surface area contributed by atoms with E-state index < -0.39 is 30.0 Å². The van der Waals surface area contributed by atoms with Crippen LogP contribution in [0, 0.1) is 34.3 Å². The fraction of sp³-hybridized carbons (Fsp3) is 0.125. The van der Waals surface area contributed by atoms with Gasteiger partial charge in [0.05, 0.1) is 0 Å². The molecule has 1 aliphatic carbocycles. The summed E-state index contributed by atoms with van der Waals surface area (Å²) in [5.41, 5.74) is 7.59. The van der Waals surface area contributed by atoms with Gasteiger partial charge in [0.2, 0.25) is 0 Å². The van der Waals surface area contributed by atoms with Crippen LogP contribution in [0.1, 0.15) is 46.0 Å². The number of nitriles is 2. The zero-order valence-corrected chi connectivity index (χ0v) is 26.6. The Morgan fingerprint density at radius 3 is 2.15 bits per heavy atom. The Morgan fingerprint density at radius 1 is 0.787 bits per heavy atom. The van der Waals surface area contributed by atoms with Crippen molar-refractivity contribution in [2.24, 2.45) is 0 Å². The van der Waals surface area contributed by atoms with Gasteiger partial charge in [0.1, 0.15) is 0 Å². The van der Waals surface area contributed by atoms with E-state index in [0.29, 0.717) is 17.4 Å². The summed E-state index contributed by atoms with van der Waals surface area (Å²) >= 11 is 0. The number of pyridine rings is 1. The molecule has 0 N–H and O–H groups in total. The van der Waals surface area contributed by atoms with Gasteiger partial charge in [0, 0.05) is 0 Å². The van der Waals surface area contributed by atoms with Crippen LogP contribution in [-0.4, -0.2) is 16.3 Å². The van der Waals surface area contributed by atoms with Crippen molar-refractivity contribution in [1.82, 2.24) is 9.65 Å². The zero-order valence-electron chi connectivity index (χ0n) is 25.6. The molecule has 1 aromatic heterocycles. The first-order chi connectivity index (χ1) is 22.8. The first kappa shape index (κ1) is 27.9. The van der Waals surface area contributed by atoms with Crippen molar-refractivity contribution in [3.63, 3.8) is 0 Å². The molecule has 0 amide bonds. The predicted molar refractivity (Wildman–Crippen MR) is 181 cm³/mol. The quantitative estimate of drug-likeness (QED) is 0.162. The summed E-state index contributed by atoms with van der Waals surface area (Å²) in [6.07, 6.45) is 6.83. The standard InChI is InChI=1S/C40H27F2N4P/c1-39-16-8-15-38-40(30-11-5-3-9-27(30)28-10-4-6-12-31(28)40)37-14-7-13-35(45-37)29-17-24(21-43)33(41)19-26(29)23-47(2,46(38)39)36-20-34(42)25(22-44)18-32(36)39/h3-20,47H,23H2,1-2H3. The molecule has 5 aromatic rings. The molecule has 4 aromatic carbocycles. The molecule has 1 atom stereocenters. The normalized spacial score (nSPS) is 20.5. The minimum absolute atomic E-state index is 0.00157. The average molecular weight is 633 g/mol. The molecule has 0 saturated heterocycles. The van der Waals surface area contributed by atoms with E-state index in [1.807, 2.05) is 18.2 Å². The van der Waals surface area contributed by atoms with Gasteiger partial charge in [-0.05, 0) is 0 Å². The van der Waals surface area contributed by atoms with E-state index in [-0.39, 0.29) is 11.1 Å². The van der Waals surface area contributed by atoms with Crippen LogP contribution in [0.15, 0.2) is 115 Å². The minimum atomic E-state index is -3.07. The first-order valence-corrected chi connectivity index (χ1v) is 18.3. The Balaban J connectivity index is 1.49. The maximum atomic E-state index is 15.7. The van der Waals surface area contributed by atoms with Crippen LogP contribution in [0.25, 0.3) is 22.4 Å². The zero-order chi connectivity index (χ0) is 32.3. The van der Waals surface area contributed by atoms with E-state index in [1.165, 1.54) is 6.07 Å². The predicted octanol–water partition coefficient (Wildman–Crippen LogP) is 8.20. The van der Waals surface area contributed by atoms with Gasteiger partial charge in [-0.25, -0.2) is 0 Å². The molecule has 3 aliphatic heterocycles. The van der Waals surface area contributed by atoms with Crippen LogP contribution >= 0.6 is 7.41 Å². The molecular formula is C40H27F2N4P. The van der Waals surface area contributed by atoms with Gasteiger partial charge < -0.3 is 0 Å². The summed E-state index contributed by atoms with van der Waals surface area (Å²) in [4.78, 5) is 5.40. The molecule has 0 saturated carbocycles. The number of rotatable bonds is 0. The topological polar surface area (TPSA) is 63.7 Å². The van der Waals surface area contributed by atoms with E-state index in [0.717, 1.165) is 50.1 Å². The summed E-state index contributed by atoms with van der Waals surface area (Å²) in [5, 5.41) is 20.7. The molecule has 1 spiro atoms. The van der Waals surface area contributed by atoms with Gasteiger partial charge in [-0.2, -0.15) is 0 Å². The summed E-state index contributed by atoms with van der Waals surface area (Å²) in [7, 11) is -3.07. The van der Waals surface area contributed by atoms with Crippen LogP contribution in [0.4, 0.5) is 8.78 Å². The van der Waals surface area contributed by atoms with Crippen LogP contribution in [0.3, 0.4) is 0 Å². The molecule has 2 bridgehead atoms. The monoisotopic (exact) mass is 632 g/mol. The second kappa shape index (κ2) is 9.32. The van der Waals surface area contributed by atoms with Gasteiger partial charge in [-0.15, -0.1) is 0 Å². The van der Waals surface area contributed by atoms with Gasteiger partial charge in [-0.1, -0.05) is 0 Å². The summed E-state index contributed by atoms with van der Waals surface area (Å²) in [6, 6.07) is 33.3. The van der Waals surface area contributed by atoms with Crippen LogP contribution in [0.2, 0.25) is 0 Å². The van der Waals surface area contributed by atoms with Crippen LogP contribution in [0.5, 0.6) is 0 Å². The molecule has 4 aliphatic rings. The maximum absolute atomic E-state index is 15.7. The van der Waals surface area contributed by atoms with Gasteiger partial charge in [0.25, 0.3) is 0 Å². The number of benzene rings is 4. The fourth-order valence-electron chi connectivity index (χ4n) is 8.99. The molecule has 4 nitrogen and oxygen atoms in total. The van der Waals surface area contributed by atoms with E-state index in [2.05, 4.69) is 97.2 Å². The summed E-state index contributed by atoms with van der Waals surface area (Å²) < 4.78 is 33.7.